The Morgan fingerprint density at radius 1 is 1.03 bits per heavy atom. The molecule has 184 valence electrons. The van der Waals surface area contributed by atoms with Crippen molar-refractivity contribution < 1.29 is 14.3 Å². The van der Waals surface area contributed by atoms with Crippen molar-refractivity contribution in [3.63, 3.8) is 0 Å². The molecule has 8 nitrogen and oxygen atoms in total. The zero-order valence-electron chi connectivity index (χ0n) is 19.8. The van der Waals surface area contributed by atoms with Crippen LogP contribution in [-0.4, -0.2) is 76.1 Å². The van der Waals surface area contributed by atoms with Crippen molar-refractivity contribution >= 4 is 22.7 Å². The summed E-state index contributed by atoms with van der Waals surface area (Å²) in [6.45, 7) is 6.01. The Kier molecular flexibility index (Phi) is 5.89. The van der Waals surface area contributed by atoms with E-state index >= 15 is 0 Å². The highest BCUT2D eigenvalue weighted by Crippen LogP contribution is 2.43. The van der Waals surface area contributed by atoms with Gasteiger partial charge in [-0.25, -0.2) is 18.9 Å². The number of fused-ring (bicyclic) bond motifs is 1. The first-order valence-electron chi connectivity index (χ1n) is 12.7. The lowest BCUT2D eigenvalue weighted by Crippen LogP contribution is -2.52. The number of benzene rings is 1. The van der Waals surface area contributed by atoms with Crippen LogP contribution in [0.15, 0.2) is 30.3 Å². The molecule has 1 aliphatic carbocycles. The van der Waals surface area contributed by atoms with Gasteiger partial charge in [0.1, 0.15) is 5.82 Å². The van der Waals surface area contributed by atoms with E-state index in [1.807, 2.05) is 0 Å². The van der Waals surface area contributed by atoms with E-state index in [-0.39, 0.29) is 11.5 Å². The average molecular weight is 479 g/mol. The highest BCUT2D eigenvalue weighted by molar-refractivity contribution is 5.98. The molecule has 35 heavy (non-hydrogen) atoms. The number of rotatable bonds is 5. The number of hydrogen-bond donors (Lipinski definition) is 2. The molecule has 2 saturated heterocycles. The predicted octanol–water partition coefficient (Wildman–Crippen LogP) is 3.40. The summed E-state index contributed by atoms with van der Waals surface area (Å²) in [5, 5.41) is 19.2. The Balaban J connectivity index is 1.42. The van der Waals surface area contributed by atoms with Crippen LogP contribution in [-0.2, 0) is 0 Å². The van der Waals surface area contributed by atoms with Crippen LogP contribution < -0.4 is 10.2 Å². The van der Waals surface area contributed by atoms with Gasteiger partial charge in [-0.05, 0) is 56.0 Å². The third-order valence-corrected chi connectivity index (χ3v) is 7.90. The summed E-state index contributed by atoms with van der Waals surface area (Å²) < 4.78 is 15.3. The lowest BCUT2D eigenvalue weighted by atomic mass is 9.82. The molecule has 3 aliphatic rings. The van der Waals surface area contributed by atoms with Crippen molar-refractivity contribution in [1.29, 1.82) is 0 Å². The van der Waals surface area contributed by atoms with E-state index in [0.29, 0.717) is 23.3 Å². The van der Waals surface area contributed by atoms with Crippen molar-refractivity contribution in [1.82, 2.24) is 25.0 Å². The molecule has 2 aromatic heterocycles. The van der Waals surface area contributed by atoms with E-state index in [4.69, 9.17) is 5.10 Å². The first-order chi connectivity index (χ1) is 17.1. The summed E-state index contributed by atoms with van der Waals surface area (Å²) in [5.74, 6) is -1.04. The minimum Gasteiger partial charge on any atom is -0.477 e. The van der Waals surface area contributed by atoms with Gasteiger partial charge in [-0.15, -0.1) is 0 Å². The third-order valence-electron chi connectivity index (χ3n) is 7.90. The number of hydrogen-bond acceptors (Lipinski definition) is 6. The molecule has 2 N–H and O–H groups in total. The van der Waals surface area contributed by atoms with Crippen molar-refractivity contribution in [2.24, 2.45) is 0 Å². The number of carboxylic acids is 1. The van der Waals surface area contributed by atoms with Crippen LogP contribution in [0.25, 0.3) is 16.7 Å². The van der Waals surface area contributed by atoms with Gasteiger partial charge in [0, 0.05) is 51.2 Å². The van der Waals surface area contributed by atoms with Gasteiger partial charge in [0.05, 0.1) is 22.5 Å². The van der Waals surface area contributed by atoms with E-state index in [1.54, 1.807) is 22.9 Å². The number of aromatic carboxylic acids is 1. The van der Waals surface area contributed by atoms with Crippen molar-refractivity contribution in [3.8, 4) is 5.69 Å². The van der Waals surface area contributed by atoms with Gasteiger partial charge in [0.2, 0.25) is 0 Å². The zero-order chi connectivity index (χ0) is 23.9. The lowest BCUT2D eigenvalue weighted by Gasteiger charge is -2.41. The van der Waals surface area contributed by atoms with Crippen molar-refractivity contribution in [2.75, 3.05) is 44.2 Å². The topological polar surface area (TPSA) is 86.5 Å². The molecule has 0 radical (unpaired) electrons. The van der Waals surface area contributed by atoms with Crippen LogP contribution in [0.2, 0.25) is 0 Å². The first kappa shape index (κ1) is 22.4. The van der Waals surface area contributed by atoms with Gasteiger partial charge in [0.15, 0.2) is 11.3 Å². The maximum absolute atomic E-state index is 13.6. The Labute approximate surface area is 203 Å². The maximum Gasteiger partial charge on any atom is 0.354 e. The zero-order valence-corrected chi connectivity index (χ0v) is 19.8. The second-order valence-electron chi connectivity index (χ2n) is 9.94. The number of piperazine rings is 1. The SMILES string of the molecule is O=C(O)c1cc(N2CCC(N3CCNCC3)CC2)c2c(C3CCC3)nn(-c3ccc(F)cc3)c2n1. The van der Waals surface area contributed by atoms with Gasteiger partial charge in [-0.3, -0.25) is 4.90 Å². The number of aromatic nitrogens is 3. The molecule has 6 rings (SSSR count). The second kappa shape index (κ2) is 9.20. The Hall–Kier alpha value is -3.04. The quantitative estimate of drug-likeness (QED) is 0.581. The summed E-state index contributed by atoms with van der Waals surface area (Å²) in [4.78, 5) is 21.5. The molecular weight excluding hydrogens is 447 g/mol. The molecule has 0 unspecified atom stereocenters. The average Bonchev–Trinajstić information content (AvgIpc) is 3.22. The normalized spacial score (nSPS) is 20.3. The minimum atomic E-state index is -1.05. The lowest BCUT2D eigenvalue weighted by molar-refractivity contribution is 0.0691. The van der Waals surface area contributed by atoms with Crippen LogP contribution >= 0.6 is 0 Å². The minimum absolute atomic E-state index is 0.0140. The standard InChI is InChI=1S/C26H31FN6O2/c27-18-4-6-20(7-5-18)33-25-23(24(30-33)17-2-1-3-17)22(16-21(29-25)26(34)35)32-12-8-19(9-13-32)31-14-10-28-11-15-31/h4-7,16-17,19,28H,1-3,8-15H2,(H,34,35). The number of nitrogens with one attached hydrogen (secondary N) is 1. The van der Waals surface area contributed by atoms with E-state index < -0.39 is 5.97 Å². The summed E-state index contributed by atoms with van der Waals surface area (Å²) in [7, 11) is 0. The fraction of sp³-hybridized carbons (Fsp3) is 0.500. The van der Waals surface area contributed by atoms with Crippen LogP contribution in [0.5, 0.6) is 0 Å². The molecule has 3 aromatic rings. The van der Waals surface area contributed by atoms with Crippen LogP contribution in [0.4, 0.5) is 10.1 Å². The van der Waals surface area contributed by atoms with Gasteiger partial charge >= 0.3 is 5.97 Å². The molecule has 2 aliphatic heterocycles. The number of pyridine rings is 1. The van der Waals surface area contributed by atoms with E-state index in [9.17, 15) is 14.3 Å². The van der Waals surface area contributed by atoms with E-state index in [2.05, 4.69) is 20.1 Å². The molecule has 0 amide bonds. The molecule has 3 fully saturated rings. The molecule has 0 spiro atoms. The van der Waals surface area contributed by atoms with Crippen LogP contribution in [0.3, 0.4) is 0 Å². The fourth-order valence-corrected chi connectivity index (χ4v) is 5.73. The molecule has 0 atom stereocenters. The molecule has 1 aromatic carbocycles. The first-order valence-corrected chi connectivity index (χ1v) is 12.7. The Morgan fingerprint density at radius 2 is 1.74 bits per heavy atom. The molecular formula is C26H31FN6O2. The smallest absolute Gasteiger partial charge is 0.354 e. The number of nitrogens with zero attached hydrogens (tertiary/aromatic N) is 5. The van der Waals surface area contributed by atoms with Crippen molar-refractivity contribution in [3.05, 3.63) is 47.5 Å². The van der Waals surface area contributed by atoms with E-state index in [1.165, 1.54) is 18.6 Å². The Morgan fingerprint density at radius 3 is 2.37 bits per heavy atom. The Bertz CT molecular complexity index is 1220. The van der Waals surface area contributed by atoms with Gasteiger partial charge < -0.3 is 15.3 Å². The van der Waals surface area contributed by atoms with Gasteiger partial charge in [0.25, 0.3) is 0 Å². The summed E-state index contributed by atoms with van der Waals surface area (Å²) in [5.41, 5.74) is 3.14. The third kappa shape index (κ3) is 4.16. The highest BCUT2D eigenvalue weighted by atomic mass is 19.1. The summed E-state index contributed by atoms with van der Waals surface area (Å²) in [6.07, 6.45) is 5.41. The number of carboxylic acid groups (broad SMARTS) is 1. The van der Waals surface area contributed by atoms with Crippen LogP contribution in [0.1, 0.15) is 54.2 Å². The highest BCUT2D eigenvalue weighted by Gasteiger charge is 2.32. The number of carbonyl (C=O) groups is 1. The molecule has 0 bridgehead atoms. The fourth-order valence-electron chi connectivity index (χ4n) is 5.73. The molecule has 4 heterocycles. The van der Waals surface area contributed by atoms with Gasteiger partial charge in [-0.1, -0.05) is 6.42 Å². The van der Waals surface area contributed by atoms with Crippen molar-refractivity contribution in [2.45, 2.75) is 44.1 Å². The van der Waals surface area contributed by atoms with Crippen LogP contribution in [0, 0.1) is 5.82 Å². The predicted molar refractivity (Wildman–Crippen MR) is 132 cm³/mol. The maximum atomic E-state index is 13.6. The summed E-state index contributed by atoms with van der Waals surface area (Å²) in [6, 6.07) is 8.43. The van der Waals surface area contributed by atoms with E-state index in [0.717, 1.165) is 81.7 Å². The largest absolute Gasteiger partial charge is 0.477 e. The number of piperidine rings is 1. The monoisotopic (exact) mass is 478 g/mol. The van der Waals surface area contributed by atoms with Gasteiger partial charge in [-0.2, -0.15) is 5.10 Å². The second-order valence-corrected chi connectivity index (χ2v) is 9.94. The molecule has 9 heteroatoms. The molecule has 1 saturated carbocycles. The number of halogens is 1. The number of anilines is 1. The summed E-state index contributed by atoms with van der Waals surface area (Å²) >= 11 is 0.